The van der Waals surface area contributed by atoms with Crippen LogP contribution in [0.1, 0.15) is 30.7 Å². The van der Waals surface area contributed by atoms with Gasteiger partial charge in [0.15, 0.2) is 5.65 Å². The minimum atomic E-state index is 0.0275. The van der Waals surface area contributed by atoms with Gasteiger partial charge in [-0.05, 0) is 19.8 Å². The van der Waals surface area contributed by atoms with Gasteiger partial charge in [0.25, 0.3) is 5.56 Å². The zero-order valence-corrected chi connectivity index (χ0v) is 9.29. The van der Waals surface area contributed by atoms with Crippen molar-refractivity contribution < 1.29 is 0 Å². The summed E-state index contributed by atoms with van der Waals surface area (Å²) < 4.78 is 1.53. The van der Waals surface area contributed by atoms with E-state index in [0.717, 1.165) is 35.3 Å². The van der Waals surface area contributed by atoms with Crippen LogP contribution in [0, 0.1) is 6.92 Å². The van der Waals surface area contributed by atoms with E-state index in [1.165, 1.54) is 4.52 Å². The van der Waals surface area contributed by atoms with Crippen molar-refractivity contribution >= 4 is 5.65 Å². The normalized spacial score (nSPS) is 11.1. The van der Waals surface area contributed by atoms with Crippen molar-refractivity contribution in [2.24, 2.45) is 0 Å². The summed E-state index contributed by atoms with van der Waals surface area (Å²) in [5.41, 5.74) is 3.50. The van der Waals surface area contributed by atoms with E-state index >= 15 is 0 Å². The van der Waals surface area contributed by atoms with Gasteiger partial charge >= 0.3 is 0 Å². The van der Waals surface area contributed by atoms with E-state index in [2.05, 4.69) is 17.0 Å². The summed E-state index contributed by atoms with van der Waals surface area (Å²) in [4.78, 5) is 16.5. The second-order valence-corrected chi connectivity index (χ2v) is 3.65. The third kappa shape index (κ3) is 1.37. The maximum Gasteiger partial charge on any atom is 0.276 e. The molecule has 0 radical (unpaired) electrons. The molecule has 0 aliphatic rings. The number of nitrogens with one attached hydrogen (secondary N) is 1. The summed E-state index contributed by atoms with van der Waals surface area (Å²) in [7, 11) is 0. The van der Waals surface area contributed by atoms with E-state index in [1.54, 1.807) is 0 Å². The molecule has 0 spiro atoms. The number of rotatable bonds is 2. The first kappa shape index (κ1) is 9.96. The Kier molecular flexibility index (Phi) is 2.34. The molecular weight excluding hydrogens is 190 g/mol. The number of aromatic amines is 1. The van der Waals surface area contributed by atoms with E-state index in [-0.39, 0.29) is 5.56 Å². The molecule has 0 unspecified atom stereocenters. The largest absolute Gasteiger partial charge is 0.297 e. The Labute approximate surface area is 87.9 Å². The first-order chi connectivity index (χ1) is 7.19. The molecule has 4 nitrogen and oxygen atoms in total. The van der Waals surface area contributed by atoms with Gasteiger partial charge in [-0.15, -0.1) is 0 Å². The number of aromatic nitrogens is 3. The van der Waals surface area contributed by atoms with E-state index in [4.69, 9.17) is 0 Å². The smallest absolute Gasteiger partial charge is 0.276 e. The van der Waals surface area contributed by atoms with Crippen molar-refractivity contribution in [1.29, 1.82) is 0 Å². The van der Waals surface area contributed by atoms with Gasteiger partial charge in [0, 0.05) is 23.0 Å². The minimum absolute atomic E-state index is 0.0275. The number of nitrogens with zero attached hydrogens (tertiary/aromatic N) is 2. The van der Waals surface area contributed by atoms with Crippen LogP contribution in [0.2, 0.25) is 0 Å². The van der Waals surface area contributed by atoms with E-state index in [9.17, 15) is 4.79 Å². The quantitative estimate of drug-likeness (QED) is 0.806. The molecule has 2 heterocycles. The fourth-order valence-electron chi connectivity index (χ4n) is 1.87. The summed E-state index contributed by atoms with van der Waals surface area (Å²) in [6, 6.07) is 0. The van der Waals surface area contributed by atoms with E-state index in [0.29, 0.717) is 0 Å². The lowest BCUT2D eigenvalue weighted by molar-refractivity contribution is 0.853. The highest BCUT2D eigenvalue weighted by Gasteiger charge is 2.10. The van der Waals surface area contributed by atoms with Crippen molar-refractivity contribution in [3.8, 4) is 0 Å². The molecular formula is C11H15N3O. The third-order valence-corrected chi connectivity index (χ3v) is 2.77. The Balaban J connectivity index is 2.87. The SMILES string of the molecule is CCc1c(C)nc2c(CC)c[nH]n2c1=O. The van der Waals surface area contributed by atoms with Crippen LogP contribution in [0.25, 0.3) is 5.65 Å². The highest BCUT2D eigenvalue weighted by molar-refractivity contribution is 5.47. The van der Waals surface area contributed by atoms with Gasteiger partial charge in [0.05, 0.1) is 0 Å². The highest BCUT2D eigenvalue weighted by Crippen LogP contribution is 2.09. The number of fused-ring (bicyclic) bond motifs is 1. The molecule has 4 heteroatoms. The molecule has 0 aliphatic carbocycles. The van der Waals surface area contributed by atoms with Gasteiger partial charge in [0.2, 0.25) is 0 Å². The van der Waals surface area contributed by atoms with Crippen LogP contribution in [0.4, 0.5) is 0 Å². The van der Waals surface area contributed by atoms with Crippen LogP contribution < -0.4 is 5.56 Å². The number of hydrogen-bond acceptors (Lipinski definition) is 2. The Morgan fingerprint density at radius 2 is 2.13 bits per heavy atom. The van der Waals surface area contributed by atoms with Crippen molar-refractivity contribution in [1.82, 2.24) is 14.6 Å². The second-order valence-electron chi connectivity index (χ2n) is 3.65. The predicted octanol–water partition coefficient (Wildman–Crippen LogP) is 1.46. The van der Waals surface area contributed by atoms with Crippen LogP contribution in [0.5, 0.6) is 0 Å². The number of H-pyrrole nitrogens is 1. The van der Waals surface area contributed by atoms with Crippen molar-refractivity contribution in [2.45, 2.75) is 33.6 Å². The van der Waals surface area contributed by atoms with Crippen LogP contribution in [-0.2, 0) is 12.8 Å². The second kappa shape index (κ2) is 3.53. The summed E-state index contributed by atoms with van der Waals surface area (Å²) in [6.07, 6.45) is 3.45. The van der Waals surface area contributed by atoms with Crippen molar-refractivity contribution in [2.75, 3.05) is 0 Å². The Bertz CT molecular complexity index is 551. The molecule has 0 aromatic carbocycles. The monoisotopic (exact) mass is 205 g/mol. The van der Waals surface area contributed by atoms with Gasteiger partial charge < -0.3 is 0 Å². The first-order valence-electron chi connectivity index (χ1n) is 5.27. The lowest BCUT2D eigenvalue weighted by Crippen LogP contribution is -2.21. The molecule has 15 heavy (non-hydrogen) atoms. The summed E-state index contributed by atoms with van der Waals surface area (Å²) in [5, 5.41) is 2.95. The first-order valence-corrected chi connectivity index (χ1v) is 5.27. The molecule has 0 saturated carbocycles. The fourth-order valence-corrected chi connectivity index (χ4v) is 1.87. The van der Waals surface area contributed by atoms with Gasteiger partial charge in [-0.3, -0.25) is 9.89 Å². The predicted molar refractivity (Wildman–Crippen MR) is 59.3 cm³/mol. The van der Waals surface area contributed by atoms with Gasteiger partial charge in [-0.25, -0.2) is 9.50 Å². The van der Waals surface area contributed by atoms with Gasteiger partial charge in [-0.2, -0.15) is 0 Å². The molecule has 0 aliphatic heterocycles. The average molecular weight is 205 g/mol. The van der Waals surface area contributed by atoms with Crippen LogP contribution in [-0.4, -0.2) is 14.6 Å². The fraction of sp³-hybridized carbons (Fsp3) is 0.455. The Morgan fingerprint density at radius 3 is 2.73 bits per heavy atom. The van der Waals surface area contributed by atoms with Crippen molar-refractivity contribution in [3.63, 3.8) is 0 Å². The van der Waals surface area contributed by atoms with Gasteiger partial charge in [-0.1, -0.05) is 13.8 Å². The lowest BCUT2D eigenvalue weighted by atomic mass is 10.2. The van der Waals surface area contributed by atoms with E-state index in [1.807, 2.05) is 20.0 Å². The lowest BCUT2D eigenvalue weighted by Gasteiger charge is -2.02. The standard InChI is InChI=1S/C11H15N3O/c1-4-8-6-12-14-10(8)13-7(3)9(5-2)11(14)15/h6,12H,4-5H2,1-3H3. The molecule has 0 atom stereocenters. The number of hydrogen-bond donors (Lipinski definition) is 1. The zero-order chi connectivity index (χ0) is 11.0. The van der Waals surface area contributed by atoms with Crippen LogP contribution >= 0.6 is 0 Å². The average Bonchev–Trinajstić information content (AvgIpc) is 2.61. The summed E-state index contributed by atoms with van der Waals surface area (Å²) >= 11 is 0. The Morgan fingerprint density at radius 1 is 1.40 bits per heavy atom. The topological polar surface area (TPSA) is 50.2 Å². The molecule has 0 bridgehead atoms. The van der Waals surface area contributed by atoms with Gasteiger partial charge in [0.1, 0.15) is 0 Å². The number of aryl methyl sites for hydroxylation is 2. The molecule has 0 saturated heterocycles. The van der Waals surface area contributed by atoms with Crippen LogP contribution in [0.3, 0.4) is 0 Å². The maximum atomic E-state index is 12.0. The Hall–Kier alpha value is -1.58. The molecule has 80 valence electrons. The zero-order valence-electron chi connectivity index (χ0n) is 9.29. The molecule has 0 fully saturated rings. The molecule has 2 aromatic rings. The highest BCUT2D eigenvalue weighted by atomic mass is 16.1. The molecule has 2 rings (SSSR count). The minimum Gasteiger partial charge on any atom is -0.297 e. The molecule has 1 N–H and O–H groups in total. The summed E-state index contributed by atoms with van der Waals surface area (Å²) in [5.74, 6) is 0. The van der Waals surface area contributed by atoms with E-state index < -0.39 is 0 Å². The summed E-state index contributed by atoms with van der Waals surface area (Å²) in [6.45, 7) is 5.92. The molecule has 0 amide bonds. The maximum absolute atomic E-state index is 12.0. The third-order valence-electron chi connectivity index (χ3n) is 2.77. The molecule has 2 aromatic heterocycles. The van der Waals surface area contributed by atoms with Crippen molar-refractivity contribution in [3.05, 3.63) is 33.4 Å². The van der Waals surface area contributed by atoms with Crippen LogP contribution in [0.15, 0.2) is 11.0 Å².